The van der Waals surface area contributed by atoms with Gasteiger partial charge in [-0.15, -0.1) is 11.3 Å². The minimum absolute atomic E-state index is 0.344. The van der Waals surface area contributed by atoms with Crippen LogP contribution in [-0.4, -0.2) is 11.8 Å². The predicted molar refractivity (Wildman–Crippen MR) is 96.5 cm³/mol. The van der Waals surface area contributed by atoms with Crippen molar-refractivity contribution in [3.63, 3.8) is 0 Å². The average Bonchev–Trinajstić information content (AvgIpc) is 3.08. The minimum Gasteiger partial charge on any atom is -0.288 e. The highest BCUT2D eigenvalue weighted by molar-refractivity contribution is 7.16. The molecule has 0 saturated carbocycles. The first-order valence-corrected chi connectivity index (χ1v) is 8.36. The van der Waals surface area contributed by atoms with Gasteiger partial charge in [-0.25, -0.2) is 0 Å². The summed E-state index contributed by atoms with van der Waals surface area (Å²) in [5, 5.41) is 2.40. The van der Waals surface area contributed by atoms with Gasteiger partial charge in [-0.3, -0.25) is 14.9 Å². The fourth-order valence-electron chi connectivity index (χ4n) is 2.75. The number of benzene rings is 2. The van der Waals surface area contributed by atoms with Crippen LogP contribution in [0.25, 0.3) is 22.1 Å². The molecular weight excluding hydrogens is 318 g/mol. The number of nitrogens with one attached hydrogen (secondary N) is 1. The Kier molecular flexibility index (Phi) is 3.59. The predicted octanol–water partition coefficient (Wildman–Crippen LogP) is 4.23. The summed E-state index contributed by atoms with van der Waals surface area (Å²) in [6.45, 7) is 0. The molecule has 4 heteroatoms. The Morgan fingerprint density at radius 1 is 0.750 bits per heavy atom. The zero-order valence-electron chi connectivity index (χ0n) is 12.7. The normalized spacial score (nSPS) is 15.2. The van der Waals surface area contributed by atoms with Crippen LogP contribution < -0.4 is 5.32 Å². The molecule has 3 aromatic rings. The molecule has 1 N–H and O–H groups in total. The highest BCUT2D eigenvalue weighted by Gasteiger charge is 2.26. The number of rotatable bonds is 2. The SMILES string of the molecule is O=C1NC(=O)c2ccccc2C1=Cc1ccc(-c2ccccc2)s1. The Bertz CT molecular complexity index is 970. The van der Waals surface area contributed by atoms with Gasteiger partial charge in [0.05, 0.1) is 0 Å². The van der Waals surface area contributed by atoms with E-state index in [0.717, 1.165) is 15.3 Å². The number of imide groups is 1. The molecule has 116 valence electrons. The van der Waals surface area contributed by atoms with E-state index in [9.17, 15) is 9.59 Å². The molecule has 0 unspecified atom stereocenters. The number of amides is 2. The highest BCUT2D eigenvalue weighted by atomic mass is 32.1. The van der Waals surface area contributed by atoms with Gasteiger partial charge in [0.1, 0.15) is 0 Å². The van der Waals surface area contributed by atoms with Crippen molar-refractivity contribution in [3.05, 3.63) is 82.7 Å². The van der Waals surface area contributed by atoms with E-state index in [1.165, 1.54) is 0 Å². The summed E-state index contributed by atoms with van der Waals surface area (Å²) in [6.07, 6.45) is 1.84. The molecule has 0 radical (unpaired) electrons. The third-order valence-corrected chi connectivity index (χ3v) is 4.99. The van der Waals surface area contributed by atoms with Crippen molar-refractivity contribution in [1.82, 2.24) is 5.32 Å². The number of fused-ring (bicyclic) bond motifs is 1. The fraction of sp³-hybridized carbons (Fsp3) is 0. The molecule has 1 aliphatic rings. The molecule has 2 amide bonds. The van der Waals surface area contributed by atoms with Gasteiger partial charge in [-0.1, -0.05) is 48.5 Å². The summed E-state index contributed by atoms with van der Waals surface area (Å²) >= 11 is 1.62. The molecule has 4 rings (SSSR count). The van der Waals surface area contributed by atoms with Crippen LogP contribution in [-0.2, 0) is 4.79 Å². The molecule has 0 spiro atoms. The first-order chi connectivity index (χ1) is 11.7. The van der Waals surface area contributed by atoms with Crippen LogP contribution in [0.1, 0.15) is 20.8 Å². The lowest BCUT2D eigenvalue weighted by Gasteiger charge is -2.17. The van der Waals surface area contributed by atoms with Crippen LogP contribution in [0.2, 0.25) is 0 Å². The van der Waals surface area contributed by atoms with Crippen molar-refractivity contribution in [3.8, 4) is 10.4 Å². The Balaban J connectivity index is 1.76. The second-order valence-corrected chi connectivity index (χ2v) is 6.57. The Morgan fingerprint density at radius 3 is 2.25 bits per heavy atom. The van der Waals surface area contributed by atoms with E-state index < -0.39 is 0 Å². The molecule has 0 aliphatic carbocycles. The van der Waals surface area contributed by atoms with Crippen LogP contribution in [0.4, 0.5) is 0 Å². The summed E-state index contributed by atoms with van der Waals surface area (Å²) in [5.41, 5.74) is 2.88. The molecule has 0 fully saturated rings. The lowest BCUT2D eigenvalue weighted by molar-refractivity contribution is -0.114. The summed E-state index contributed by atoms with van der Waals surface area (Å²) in [7, 11) is 0. The molecule has 0 saturated heterocycles. The average molecular weight is 331 g/mol. The number of carbonyl (C=O) groups excluding carboxylic acids is 2. The van der Waals surface area contributed by atoms with E-state index in [1.807, 2.05) is 48.5 Å². The van der Waals surface area contributed by atoms with Crippen molar-refractivity contribution in [2.45, 2.75) is 0 Å². The van der Waals surface area contributed by atoms with E-state index >= 15 is 0 Å². The third kappa shape index (κ3) is 2.57. The Hall–Kier alpha value is -2.98. The van der Waals surface area contributed by atoms with Crippen LogP contribution >= 0.6 is 11.3 Å². The van der Waals surface area contributed by atoms with Crippen molar-refractivity contribution < 1.29 is 9.59 Å². The van der Waals surface area contributed by atoms with E-state index in [0.29, 0.717) is 16.7 Å². The second kappa shape index (κ2) is 5.91. The van der Waals surface area contributed by atoms with E-state index in [-0.39, 0.29) is 11.8 Å². The number of carbonyl (C=O) groups is 2. The minimum atomic E-state index is -0.353. The first-order valence-electron chi connectivity index (χ1n) is 7.54. The van der Waals surface area contributed by atoms with Crippen molar-refractivity contribution in [2.24, 2.45) is 0 Å². The molecule has 2 aromatic carbocycles. The van der Waals surface area contributed by atoms with E-state index in [1.54, 1.807) is 23.5 Å². The molecule has 0 bridgehead atoms. The lowest BCUT2D eigenvalue weighted by atomic mass is 9.94. The van der Waals surface area contributed by atoms with Gasteiger partial charge in [0, 0.05) is 20.9 Å². The molecule has 1 aromatic heterocycles. The molecule has 3 nitrogen and oxygen atoms in total. The van der Waals surface area contributed by atoms with Crippen LogP contribution in [0.3, 0.4) is 0 Å². The van der Waals surface area contributed by atoms with Crippen LogP contribution in [0.15, 0.2) is 66.7 Å². The quantitative estimate of drug-likeness (QED) is 0.564. The summed E-state index contributed by atoms with van der Waals surface area (Å²) in [5.74, 6) is -0.697. The van der Waals surface area contributed by atoms with Crippen LogP contribution in [0.5, 0.6) is 0 Å². The maximum absolute atomic E-state index is 12.3. The number of hydrogen-bond acceptors (Lipinski definition) is 3. The van der Waals surface area contributed by atoms with Crippen molar-refractivity contribution >= 4 is 34.8 Å². The summed E-state index contributed by atoms with van der Waals surface area (Å²) in [4.78, 5) is 26.3. The third-order valence-electron chi connectivity index (χ3n) is 3.91. The summed E-state index contributed by atoms with van der Waals surface area (Å²) < 4.78 is 0. The second-order valence-electron chi connectivity index (χ2n) is 5.45. The van der Waals surface area contributed by atoms with Gasteiger partial charge >= 0.3 is 0 Å². The summed E-state index contributed by atoms with van der Waals surface area (Å²) in [6, 6.07) is 21.3. The van der Waals surface area contributed by atoms with Gasteiger partial charge in [0.2, 0.25) is 0 Å². The molecule has 2 heterocycles. The van der Waals surface area contributed by atoms with Gasteiger partial charge in [0.15, 0.2) is 0 Å². The highest BCUT2D eigenvalue weighted by Crippen LogP contribution is 2.32. The molecule has 24 heavy (non-hydrogen) atoms. The van der Waals surface area contributed by atoms with Gasteiger partial charge in [-0.2, -0.15) is 0 Å². The smallest absolute Gasteiger partial charge is 0.258 e. The molecule has 0 atom stereocenters. The van der Waals surface area contributed by atoms with Crippen LogP contribution in [0, 0.1) is 0 Å². The topological polar surface area (TPSA) is 46.2 Å². The number of hydrogen-bond donors (Lipinski definition) is 1. The zero-order valence-corrected chi connectivity index (χ0v) is 13.5. The Labute approximate surface area is 143 Å². The van der Waals surface area contributed by atoms with Crippen molar-refractivity contribution in [2.75, 3.05) is 0 Å². The fourth-order valence-corrected chi connectivity index (χ4v) is 3.71. The largest absolute Gasteiger partial charge is 0.288 e. The first kappa shape index (κ1) is 14.6. The molecule has 1 aliphatic heterocycles. The van der Waals surface area contributed by atoms with E-state index in [4.69, 9.17) is 0 Å². The maximum Gasteiger partial charge on any atom is 0.258 e. The van der Waals surface area contributed by atoms with E-state index in [2.05, 4.69) is 17.4 Å². The monoisotopic (exact) mass is 331 g/mol. The Morgan fingerprint density at radius 2 is 1.46 bits per heavy atom. The standard InChI is InChI=1S/C20H13NO2S/c22-19-16-9-5-4-8-15(16)17(20(23)21-19)12-14-10-11-18(24-14)13-6-2-1-3-7-13/h1-12H,(H,21,22,23). The molecular formula is C20H13NO2S. The lowest BCUT2D eigenvalue weighted by Crippen LogP contribution is -2.36. The van der Waals surface area contributed by atoms with Gasteiger partial charge < -0.3 is 0 Å². The zero-order chi connectivity index (χ0) is 16.5. The van der Waals surface area contributed by atoms with Gasteiger partial charge in [0.25, 0.3) is 11.8 Å². The van der Waals surface area contributed by atoms with Crippen molar-refractivity contribution in [1.29, 1.82) is 0 Å². The van der Waals surface area contributed by atoms with Gasteiger partial charge in [-0.05, 0) is 35.4 Å². The maximum atomic E-state index is 12.3. The number of thiophene rings is 1.